The van der Waals surface area contributed by atoms with Crippen LogP contribution in [0.1, 0.15) is 47.2 Å². The number of fused-ring (bicyclic) bond motifs is 7. The summed E-state index contributed by atoms with van der Waals surface area (Å²) in [5.41, 5.74) is 2.42. The Kier molecular flexibility index (Phi) is 9.53. The molecule has 6 rings (SSSR count). The van der Waals surface area contributed by atoms with Gasteiger partial charge < -0.3 is 29.7 Å². The molecule has 3 aliphatic heterocycles. The molecule has 2 atom stereocenters. The SMILES string of the molecule is COc1ccc2cc1OCC(=O)NCc1ccc(cc1)O[C@@H]1CCN(C(=O)CCCCc3cccnc3)C[C@@H]1NC2=O. The van der Waals surface area contributed by atoms with Crippen LogP contribution in [0.15, 0.2) is 67.0 Å². The number of nitrogens with zero attached hydrogens (tertiary/aromatic N) is 2. The summed E-state index contributed by atoms with van der Waals surface area (Å²) < 4.78 is 17.4. The van der Waals surface area contributed by atoms with Crippen LogP contribution in [0.5, 0.6) is 17.2 Å². The summed E-state index contributed by atoms with van der Waals surface area (Å²) in [6.45, 7) is 0.995. The molecule has 1 aromatic heterocycles. The molecule has 2 aromatic carbocycles. The van der Waals surface area contributed by atoms with Crippen molar-refractivity contribution in [3.05, 3.63) is 83.7 Å². The van der Waals surface area contributed by atoms with E-state index in [1.165, 1.54) is 7.11 Å². The summed E-state index contributed by atoms with van der Waals surface area (Å²) in [5.74, 6) is 0.781. The number of aryl methyl sites for hydroxylation is 1. The lowest BCUT2D eigenvalue weighted by molar-refractivity contribution is -0.133. The van der Waals surface area contributed by atoms with Gasteiger partial charge in [0.05, 0.1) is 13.2 Å². The van der Waals surface area contributed by atoms with Crippen molar-refractivity contribution < 1.29 is 28.6 Å². The molecule has 1 fully saturated rings. The monoisotopic (exact) mass is 572 g/mol. The molecule has 3 aromatic rings. The second kappa shape index (κ2) is 13.8. The summed E-state index contributed by atoms with van der Waals surface area (Å²) in [4.78, 5) is 45.0. The van der Waals surface area contributed by atoms with Crippen molar-refractivity contribution in [3.8, 4) is 17.2 Å². The average Bonchev–Trinajstić information content (AvgIpc) is 3.02. The third-order valence-electron chi connectivity index (χ3n) is 7.53. The second-order valence-electron chi connectivity index (χ2n) is 10.5. The molecule has 1 saturated heterocycles. The minimum atomic E-state index is -0.435. The van der Waals surface area contributed by atoms with Crippen LogP contribution in [0.2, 0.25) is 0 Å². The highest BCUT2D eigenvalue weighted by Crippen LogP contribution is 2.29. The number of piperidine rings is 1. The Morgan fingerprint density at radius 1 is 1.12 bits per heavy atom. The zero-order valence-corrected chi connectivity index (χ0v) is 23.7. The molecule has 3 aliphatic rings. The van der Waals surface area contributed by atoms with Crippen molar-refractivity contribution in [3.63, 3.8) is 0 Å². The van der Waals surface area contributed by atoms with Crippen LogP contribution in [0.3, 0.4) is 0 Å². The largest absolute Gasteiger partial charge is 0.493 e. The summed E-state index contributed by atoms with van der Waals surface area (Å²) in [7, 11) is 1.50. The minimum absolute atomic E-state index is 0.0685. The van der Waals surface area contributed by atoms with Crippen LogP contribution in [0, 0.1) is 0 Å². The topological polar surface area (TPSA) is 119 Å². The molecule has 42 heavy (non-hydrogen) atoms. The number of amides is 3. The van der Waals surface area contributed by atoms with Gasteiger partial charge in [0.2, 0.25) is 5.91 Å². The van der Waals surface area contributed by atoms with Gasteiger partial charge in [0, 0.05) is 50.4 Å². The van der Waals surface area contributed by atoms with Gasteiger partial charge in [-0.3, -0.25) is 19.4 Å². The number of ether oxygens (including phenoxy) is 3. The molecule has 3 amide bonds. The van der Waals surface area contributed by atoms with Crippen LogP contribution in [0.4, 0.5) is 0 Å². The number of carbonyl (C=O) groups excluding carboxylic acids is 3. The fourth-order valence-corrected chi connectivity index (χ4v) is 5.18. The molecule has 0 aliphatic carbocycles. The first kappa shape index (κ1) is 28.9. The van der Waals surface area contributed by atoms with Gasteiger partial charge >= 0.3 is 0 Å². The maximum Gasteiger partial charge on any atom is 0.258 e. The molecule has 2 N–H and O–H groups in total. The average molecular weight is 573 g/mol. The number of rotatable bonds is 6. The molecule has 0 saturated carbocycles. The number of unbranched alkanes of at least 4 members (excludes halogenated alkanes) is 1. The Labute approximate surface area is 245 Å². The number of carbonyl (C=O) groups is 3. The van der Waals surface area contributed by atoms with Gasteiger partial charge in [0.1, 0.15) is 11.9 Å². The van der Waals surface area contributed by atoms with Crippen molar-refractivity contribution in [2.24, 2.45) is 0 Å². The zero-order valence-electron chi connectivity index (χ0n) is 23.7. The van der Waals surface area contributed by atoms with E-state index >= 15 is 0 Å². The molecule has 0 unspecified atom stereocenters. The lowest BCUT2D eigenvalue weighted by Gasteiger charge is -2.39. The van der Waals surface area contributed by atoms with Gasteiger partial charge in [0.15, 0.2) is 18.1 Å². The maximum atomic E-state index is 13.4. The third-order valence-corrected chi connectivity index (χ3v) is 7.53. The Balaban J connectivity index is 1.30. The van der Waals surface area contributed by atoms with Crippen molar-refractivity contribution in [1.82, 2.24) is 20.5 Å². The van der Waals surface area contributed by atoms with Gasteiger partial charge in [-0.05, 0) is 66.8 Å². The van der Waals surface area contributed by atoms with E-state index in [9.17, 15) is 14.4 Å². The predicted molar refractivity (Wildman–Crippen MR) is 155 cm³/mol. The minimum Gasteiger partial charge on any atom is -0.493 e. The maximum absolute atomic E-state index is 13.4. The summed E-state index contributed by atoms with van der Waals surface area (Å²) >= 11 is 0. The fourth-order valence-electron chi connectivity index (χ4n) is 5.18. The Morgan fingerprint density at radius 2 is 1.98 bits per heavy atom. The molecule has 10 nitrogen and oxygen atoms in total. The van der Waals surface area contributed by atoms with Gasteiger partial charge in [-0.2, -0.15) is 0 Å². The van der Waals surface area contributed by atoms with Crippen molar-refractivity contribution in [2.75, 3.05) is 26.8 Å². The molecule has 0 radical (unpaired) electrons. The number of likely N-dealkylation sites (tertiary alicyclic amines) is 1. The van der Waals surface area contributed by atoms with E-state index < -0.39 is 6.04 Å². The van der Waals surface area contributed by atoms with Gasteiger partial charge in [0.25, 0.3) is 11.8 Å². The highest BCUT2D eigenvalue weighted by atomic mass is 16.5. The molecular weight excluding hydrogens is 536 g/mol. The lowest BCUT2D eigenvalue weighted by atomic mass is 10.00. The van der Waals surface area contributed by atoms with Gasteiger partial charge in [-0.25, -0.2) is 0 Å². The lowest BCUT2D eigenvalue weighted by Crippen LogP contribution is -2.58. The number of hydrogen-bond donors (Lipinski definition) is 2. The van der Waals surface area contributed by atoms with E-state index in [2.05, 4.69) is 15.6 Å². The smallest absolute Gasteiger partial charge is 0.258 e. The van der Waals surface area contributed by atoms with E-state index in [0.29, 0.717) is 49.5 Å². The standard InChI is InChI=1S/C32H36N4O6/c1-40-28-13-10-24-17-29(28)41-21-30(37)34-19-23-8-11-25(12-9-23)42-27-14-16-36(20-26(27)35-32(24)39)31(38)7-3-2-5-22-6-4-15-33-18-22/h4,6,8-13,15,17-18,26-27H,2-3,5,7,14,16,19-21H2,1H3,(H,34,37)(H,35,39)/t26-,27+/m0/s1. The van der Waals surface area contributed by atoms with Crippen molar-refractivity contribution in [2.45, 2.75) is 50.8 Å². The van der Waals surface area contributed by atoms with E-state index in [1.54, 1.807) is 24.4 Å². The highest BCUT2D eigenvalue weighted by Gasteiger charge is 2.34. The molecule has 4 heterocycles. The predicted octanol–water partition coefficient (Wildman–Crippen LogP) is 3.29. The normalized spacial score (nSPS) is 18.9. The summed E-state index contributed by atoms with van der Waals surface area (Å²) in [6, 6.07) is 15.8. The first-order chi connectivity index (χ1) is 20.5. The first-order valence-corrected chi connectivity index (χ1v) is 14.3. The molecule has 10 heteroatoms. The Bertz CT molecular complexity index is 1380. The summed E-state index contributed by atoms with van der Waals surface area (Å²) in [6.07, 6.45) is 6.85. The van der Waals surface area contributed by atoms with Crippen molar-refractivity contribution in [1.29, 1.82) is 0 Å². The van der Waals surface area contributed by atoms with Crippen LogP contribution in [-0.4, -0.2) is 66.6 Å². The zero-order chi connectivity index (χ0) is 29.3. The van der Waals surface area contributed by atoms with E-state index in [0.717, 1.165) is 30.4 Å². The summed E-state index contributed by atoms with van der Waals surface area (Å²) in [5, 5.41) is 5.92. The number of nitrogens with one attached hydrogen (secondary N) is 2. The van der Waals surface area contributed by atoms with Crippen LogP contribution < -0.4 is 24.8 Å². The second-order valence-corrected chi connectivity index (χ2v) is 10.5. The van der Waals surface area contributed by atoms with Crippen molar-refractivity contribution >= 4 is 17.7 Å². The fraction of sp³-hybridized carbons (Fsp3) is 0.375. The molecule has 220 valence electrons. The Morgan fingerprint density at radius 3 is 2.76 bits per heavy atom. The quantitative estimate of drug-likeness (QED) is 0.435. The third kappa shape index (κ3) is 7.57. The van der Waals surface area contributed by atoms with Crippen LogP contribution in [-0.2, 0) is 22.6 Å². The molecule has 4 bridgehead atoms. The molecule has 0 spiro atoms. The van der Waals surface area contributed by atoms with E-state index in [4.69, 9.17) is 14.2 Å². The molecular formula is C32H36N4O6. The highest BCUT2D eigenvalue weighted by molar-refractivity contribution is 5.95. The van der Waals surface area contributed by atoms with Crippen LogP contribution in [0.25, 0.3) is 0 Å². The van der Waals surface area contributed by atoms with E-state index in [-0.39, 0.29) is 36.2 Å². The first-order valence-electron chi connectivity index (χ1n) is 14.3. The Hall–Kier alpha value is -4.60. The number of aromatic nitrogens is 1. The number of hydrogen-bond acceptors (Lipinski definition) is 7. The van der Waals surface area contributed by atoms with Gasteiger partial charge in [-0.1, -0.05) is 18.2 Å². The number of benzene rings is 2. The number of methoxy groups -OCH3 is 1. The van der Waals surface area contributed by atoms with Gasteiger partial charge in [-0.15, -0.1) is 0 Å². The van der Waals surface area contributed by atoms with E-state index in [1.807, 2.05) is 47.5 Å². The number of pyridine rings is 1. The van der Waals surface area contributed by atoms with Crippen LogP contribution >= 0.6 is 0 Å².